The number of rotatable bonds is 5. The highest BCUT2D eigenvalue weighted by atomic mass is 16.5. The van der Waals surface area contributed by atoms with E-state index in [9.17, 15) is 4.79 Å². The molecule has 5 nitrogen and oxygen atoms in total. The molecule has 5 heteroatoms. The summed E-state index contributed by atoms with van der Waals surface area (Å²) in [5, 5.41) is 3.44. The van der Waals surface area contributed by atoms with E-state index in [-0.39, 0.29) is 12.5 Å². The summed E-state index contributed by atoms with van der Waals surface area (Å²) in [5.41, 5.74) is 0. The minimum atomic E-state index is 0.0213. The maximum absolute atomic E-state index is 12.3. The van der Waals surface area contributed by atoms with Crippen molar-refractivity contribution in [2.45, 2.75) is 19.9 Å². The Hall–Kier alpha value is -1.75. The number of nitrogens with zero attached hydrogens (tertiary/aromatic N) is 1. The van der Waals surface area contributed by atoms with E-state index in [0.29, 0.717) is 23.5 Å². The molecule has 1 atom stereocenters. The van der Waals surface area contributed by atoms with E-state index in [1.165, 1.54) is 0 Å². The van der Waals surface area contributed by atoms with Crippen LogP contribution < -0.4 is 14.8 Å². The first kappa shape index (κ1) is 15.6. The predicted octanol–water partition coefficient (Wildman–Crippen LogP) is 1.53. The molecule has 0 aromatic heterocycles. The minimum absolute atomic E-state index is 0.0213. The number of piperazine rings is 1. The van der Waals surface area contributed by atoms with Gasteiger partial charge in [-0.25, -0.2) is 0 Å². The van der Waals surface area contributed by atoms with Crippen LogP contribution in [0, 0.1) is 5.92 Å². The SMILES string of the molecule is COc1ccccc1OCC(=O)N1CCNC(C(C)C)C1. The van der Waals surface area contributed by atoms with Gasteiger partial charge in [0.15, 0.2) is 18.1 Å². The third kappa shape index (κ3) is 4.11. The molecule has 21 heavy (non-hydrogen) atoms. The quantitative estimate of drug-likeness (QED) is 0.894. The zero-order valence-electron chi connectivity index (χ0n) is 13.0. The van der Waals surface area contributed by atoms with Gasteiger partial charge in [0, 0.05) is 25.7 Å². The van der Waals surface area contributed by atoms with Crippen LogP contribution in [0.2, 0.25) is 0 Å². The Morgan fingerprint density at radius 1 is 1.38 bits per heavy atom. The molecule has 1 amide bonds. The Bertz CT molecular complexity index is 476. The number of ether oxygens (including phenoxy) is 2. The highest BCUT2D eigenvalue weighted by molar-refractivity contribution is 5.78. The highest BCUT2D eigenvalue weighted by Crippen LogP contribution is 2.25. The van der Waals surface area contributed by atoms with Gasteiger partial charge in [0.25, 0.3) is 5.91 Å². The van der Waals surface area contributed by atoms with Crippen LogP contribution in [0.5, 0.6) is 11.5 Å². The first-order chi connectivity index (χ1) is 10.1. The summed E-state index contributed by atoms with van der Waals surface area (Å²) >= 11 is 0. The summed E-state index contributed by atoms with van der Waals surface area (Å²) < 4.78 is 10.8. The van der Waals surface area contributed by atoms with Crippen LogP contribution in [0.15, 0.2) is 24.3 Å². The summed E-state index contributed by atoms with van der Waals surface area (Å²) in [5.74, 6) is 1.78. The van der Waals surface area contributed by atoms with Gasteiger partial charge < -0.3 is 19.7 Å². The molecule has 2 rings (SSSR count). The lowest BCUT2D eigenvalue weighted by Gasteiger charge is -2.35. The topological polar surface area (TPSA) is 50.8 Å². The number of hydrogen-bond donors (Lipinski definition) is 1. The van der Waals surface area contributed by atoms with Crippen molar-refractivity contribution in [2.75, 3.05) is 33.4 Å². The molecule has 1 aliphatic heterocycles. The number of carbonyl (C=O) groups excluding carboxylic acids is 1. The molecule has 1 N–H and O–H groups in total. The Labute approximate surface area is 126 Å². The van der Waals surface area contributed by atoms with E-state index < -0.39 is 0 Å². The molecule has 116 valence electrons. The second-order valence-electron chi connectivity index (χ2n) is 5.58. The van der Waals surface area contributed by atoms with Crippen LogP contribution >= 0.6 is 0 Å². The lowest BCUT2D eigenvalue weighted by Crippen LogP contribution is -2.55. The molecule has 1 saturated heterocycles. The zero-order chi connectivity index (χ0) is 15.2. The van der Waals surface area contributed by atoms with Gasteiger partial charge in [-0.15, -0.1) is 0 Å². The number of carbonyl (C=O) groups is 1. The maximum Gasteiger partial charge on any atom is 0.260 e. The minimum Gasteiger partial charge on any atom is -0.493 e. The van der Waals surface area contributed by atoms with Gasteiger partial charge in [0.2, 0.25) is 0 Å². The van der Waals surface area contributed by atoms with Crippen molar-refractivity contribution in [3.05, 3.63) is 24.3 Å². The zero-order valence-corrected chi connectivity index (χ0v) is 13.0. The van der Waals surface area contributed by atoms with Gasteiger partial charge in [-0.05, 0) is 18.1 Å². The lowest BCUT2D eigenvalue weighted by atomic mass is 10.0. The molecule has 0 saturated carbocycles. The normalized spacial score (nSPS) is 18.7. The molecule has 1 aromatic carbocycles. The average Bonchev–Trinajstić information content (AvgIpc) is 2.52. The van der Waals surface area contributed by atoms with Crippen molar-refractivity contribution in [2.24, 2.45) is 5.92 Å². The fourth-order valence-electron chi connectivity index (χ4n) is 2.42. The Morgan fingerprint density at radius 3 is 2.76 bits per heavy atom. The summed E-state index contributed by atoms with van der Waals surface area (Å²) in [7, 11) is 1.59. The van der Waals surface area contributed by atoms with E-state index in [4.69, 9.17) is 9.47 Å². The van der Waals surface area contributed by atoms with E-state index in [1.54, 1.807) is 13.2 Å². The van der Waals surface area contributed by atoms with Gasteiger partial charge in [0.1, 0.15) is 0 Å². The first-order valence-corrected chi connectivity index (χ1v) is 7.38. The van der Waals surface area contributed by atoms with E-state index >= 15 is 0 Å². The Morgan fingerprint density at radius 2 is 2.10 bits per heavy atom. The second-order valence-corrected chi connectivity index (χ2v) is 5.58. The van der Waals surface area contributed by atoms with Crippen LogP contribution in [-0.2, 0) is 4.79 Å². The maximum atomic E-state index is 12.3. The van der Waals surface area contributed by atoms with Crippen LogP contribution in [0.3, 0.4) is 0 Å². The van der Waals surface area contributed by atoms with Crippen molar-refractivity contribution >= 4 is 5.91 Å². The summed E-state index contributed by atoms with van der Waals surface area (Å²) in [6.07, 6.45) is 0. The van der Waals surface area contributed by atoms with Crippen molar-refractivity contribution in [1.82, 2.24) is 10.2 Å². The molecule has 1 fully saturated rings. The molecule has 0 spiro atoms. The van der Waals surface area contributed by atoms with Crippen molar-refractivity contribution in [3.8, 4) is 11.5 Å². The number of nitrogens with one attached hydrogen (secondary N) is 1. The molecular formula is C16H24N2O3. The van der Waals surface area contributed by atoms with Crippen LogP contribution in [0.25, 0.3) is 0 Å². The van der Waals surface area contributed by atoms with Crippen molar-refractivity contribution in [3.63, 3.8) is 0 Å². The standard InChI is InChI=1S/C16H24N2O3/c1-12(2)13-10-18(9-8-17-13)16(19)11-21-15-7-5-4-6-14(15)20-3/h4-7,12-13,17H,8-11H2,1-3H3. The lowest BCUT2D eigenvalue weighted by molar-refractivity contribution is -0.134. The Kier molecular flexibility index (Phi) is 5.44. The molecule has 1 aromatic rings. The van der Waals surface area contributed by atoms with Crippen LogP contribution in [0.4, 0.5) is 0 Å². The van der Waals surface area contributed by atoms with Gasteiger partial charge in [0.05, 0.1) is 7.11 Å². The number of amides is 1. The van der Waals surface area contributed by atoms with E-state index in [1.807, 2.05) is 23.1 Å². The van der Waals surface area contributed by atoms with Gasteiger partial charge in [-0.3, -0.25) is 4.79 Å². The van der Waals surface area contributed by atoms with E-state index in [2.05, 4.69) is 19.2 Å². The summed E-state index contributed by atoms with van der Waals surface area (Å²) in [4.78, 5) is 14.1. The average molecular weight is 292 g/mol. The predicted molar refractivity (Wildman–Crippen MR) is 81.7 cm³/mol. The highest BCUT2D eigenvalue weighted by Gasteiger charge is 2.25. The fourth-order valence-corrected chi connectivity index (χ4v) is 2.42. The first-order valence-electron chi connectivity index (χ1n) is 7.38. The number of benzene rings is 1. The molecule has 0 radical (unpaired) electrons. The van der Waals surface area contributed by atoms with Gasteiger partial charge >= 0.3 is 0 Å². The second kappa shape index (κ2) is 7.31. The number of para-hydroxylation sites is 2. The summed E-state index contributed by atoms with van der Waals surface area (Å²) in [6, 6.07) is 7.72. The third-order valence-corrected chi connectivity index (χ3v) is 3.78. The van der Waals surface area contributed by atoms with Gasteiger partial charge in [-0.1, -0.05) is 26.0 Å². The van der Waals surface area contributed by atoms with Crippen LogP contribution in [0.1, 0.15) is 13.8 Å². The molecular weight excluding hydrogens is 268 g/mol. The fraction of sp³-hybridized carbons (Fsp3) is 0.562. The Balaban J connectivity index is 1.89. The van der Waals surface area contributed by atoms with Gasteiger partial charge in [-0.2, -0.15) is 0 Å². The molecule has 1 aliphatic rings. The van der Waals surface area contributed by atoms with Crippen molar-refractivity contribution < 1.29 is 14.3 Å². The molecule has 1 heterocycles. The summed E-state index contributed by atoms with van der Waals surface area (Å²) in [6.45, 7) is 6.69. The largest absolute Gasteiger partial charge is 0.493 e. The molecule has 0 bridgehead atoms. The smallest absolute Gasteiger partial charge is 0.260 e. The molecule has 1 unspecified atom stereocenters. The monoisotopic (exact) mass is 292 g/mol. The number of hydrogen-bond acceptors (Lipinski definition) is 4. The van der Waals surface area contributed by atoms with E-state index in [0.717, 1.165) is 19.6 Å². The number of methoxy groups -OCH3 is 1. The van der Waals surface area contributed by atoms with Crippen LogP contribution in [-0.4, -0.2) is 50.2 Å². The molecule has 0 aliphatic carbocycles. The van der Waals surface area contributed by atoms with Crippen molar-refractivity contribution in [1.29, 1.82) is 0 Å². The third-order valence-electron chi connectivity index (χ3n) is 3.78.